The third kappa shape index (κ3) is 4.89. The van der Waals surface area contributed by atoms with Crippen LogP contribution in [0.4, 0.5) is 5.69 Å². The summed E-state index contributed by atoms with van der Waals surface area (Å²) in [6.07, 6.45) is 0.866. The summed E-state index contributed by atoms with van der Waals surface area (Å²) in [6, 6.07) is 5.14. The summed E-state index contributed by atoms with van der Waals surface area (Å²) in [5, 5.41) is 14.2. The minimum absolute atomic E-state index is 0.00907. The highest BCUT2D eigenvalue weighted by Crippen LogP contribution is 2.28. The molecule has 1 fully saturated rings. The normalized spacial score (nSPS) is 19.0. The average Bonchev–Trinajstić information content (AvgIpc) is 2.93. The van der Waals surface area contributed by atoms with Gasteiger partial charge in [0.2, 0.25) is 11.8 Å². The molecule has 2 heterocycles. The molecule has 0 radical (unpaired) electrons. The Hall–Kier alpha value is -2.58. The molecule has 1 aromatic heterocycles. The fourth-order valence-electron chi connectivity index (χ4n) is 3.53. The van der Waals surface area contributed by atoms with E-state index in [-0.39, 0.29) is 30.6 Å². The van der Waals surface area contributed by atoms with Gasteiger partial charge >= 0.3 is 0 Å². The van der Waals surface area contributed by atoms with Gasteiger partial charge in [-0.2, -0.15) is 5.10 Å². The Labute approximate surface area is 174 Å². The maximum absolute atomic E-state index is 12.5. The van der Waals surface area contributed by atoms with Crippen molar-refractivity contribution in [1.29, 1.82) is 0 Å². The summed E-state index contributed by atoms with van der Waals surface area (Å²) in [6.45, 7) is 5.82. The highest BCUT2D eigenvalue weighted by molar-refractivity contribution is 6.31. The van der Waals surface area contributed by atoms with Crippen molar-refractivity contribution < 1.29 is 14.3 Å². The molecule has 29 heavy (non-hydrogen) atoms. The van der Waals surface area contributed by atoms with Gasteiger partial charge < -0.3 is 15.4 Å². The predicted octanol–water partition coefficient (Wildman–Crippen LogP) is 2.69. The van der Waals surface area contributed by atoms with Crippen LogP contribution in [0.2, 0.25) is 5.02 Å². The number of hydrogen-bond donors (Lipinski definition) is 3. The molecule has 0 aliphatic carbocycles. The molecule has 0 saturated carbocycles. The Morgan fingerprint density at radius 3 is 2.86 bits per heavy atom. The van der Waals surface area contributed by atoms with Crippen LogP contribution in [0, 0.1) is 13.8 Å². The zero-order valence-corrected chi connectivity index (χ0v) is 17.8. The van der Waals surface area contributed by atoms with E-state index in [9.17, 15) is 9.59 Å². The van der Waals surface area contributed by atoms with Crippen molar-refractivity contribution in [3.8, 4) is 5.75 Å². The molecule has 3 rings (SSSR count). The topological polar surface area (TPSA) is 97.3 Å². The van der Waals surface area contributed by atoms with Crippen LogP contribution in [0.25, 0.3) is 0 Å². The van der Waals surface area contributed by atoms with E-state index in [4.69, 9.17) is 16.3 Å². The fraction of sp³-hybridized carbons (Fsp3) is 0.450. The number of aromatic nitrogens is 2. The molecule has 2 amide bonds. The summed E-state index contributed by atoms with van der Waals surface area (Å²) in [7, 11) is 1.54. The number of nitrogens with one attached hydrogen (secondary N) is 3. The fourth-order valence-corrected chi connectivity index (χ4v) is 3.70. The van der Waals surface area contributed by atoms with Crippen molar-refractivity contribution in [1.82, 2.24) is 20.4 Å². The van der Waals surface area contributed by atoms with Crippen LogP contribution in [0.15, 0.2) is 18.2 Å². The first-order valence-corrected chi connectivity index (χ1v) is 9.89. The SMILES string of the molecule is COc1ccc(Cl)cc1NC(=O)CCc1c(C)nn(C2NC(=O)CC(C)N2)c1C. The van der Waals surface area contributed by atoms with E-state index < -0.39 is 0 Å². The number of methoxy groups -OCH3 is 1. The van der Waals surface area contributed by atoms with Crippen LogP contribution < -0.4 is 20.7 Å². The Bertz CT molecular complexity index is 927. The third-order valence-corrected chi connectivity index (χ3v) is 5.22. The first-order valence-electron chi connectivity index (χ1n) is 9.52. The minimum atomic E-state index is -0.386. The van der Waals surface area contributed by atoms with Crippen molar-refractivity contribution in [2.24, 2.45) is 0 Å². The monoisotopic (exact) mass is 419 g/mol. The first-order chi connectivity index (χ1) is 13.8. The zero-order chi connectivity index (χ0) is 21.1. The second-order valence-corrected chi connectivity index (χ2v) is 7.67. The van der Waals surface area contributed by atoms with Crippen LogP contribution in [0.5, 0.6) is 5.75 Å². The van der Waals surface area contributed by atoms with Crippen molar-refractivity contribution in [2.45, 2.75) is 52.4 Å². The van der Waals surface area contributed by atoms with Gasteiger partial charge in [-0.05, 0) is 51.0 Å². The number of nitrogens with zero attached hydrogens (tertiary/aromatic N) is 2. The van der Waals surface area contributed by atoms with E-state index in [0.29, 0.717) is 29.3 Å². The second-order valence-electron chi connectivity index (χ2n) is 7.23. The summed E-state index contributed by atoms with van der Waals surface area (Å²) < 4.78 is 7.04. The lowest BCUT2D eigenvalue weighted by molar-refractivity contribution is -0.125. The number of carbonyl (C=O) groups is 2. The lowest BCUT2D eigenvalue weighted by Crippen LogP contribution is -2.52. The maximum atomic E-state index is 12.5. The van der Waals surface area contributed by atoms with Gasteiger partial charge in [0.1, 0.15) is 5.75 Å². The van der Waals surface area contributed by atoms with Gasteiger partial charge in [-0.15, -0.1) is 0 Å². The number of anilines is 1. The number of carbonyl (C=O) groups excluding carboxylic acids is 2. The molecule has 2 unspecified atom stereocenters. The maximum Gasteiger partial charge on any atom is 0.224 e. The minimum Gasteiger partial charge on any atom is -0.495 e. The predicted molar refractivity (Wildman–Crippen MR) is 111 cm³/mol. The van der Waals surface area contributed by atoms with Gasteiger partial charge in [0.05, 0.1) is 18.5 Å². The van der Waals surface area contributed by atoms with Gasteiger partial charge in [-0.25, -0.2) is 4.68 Å². The molecular formula is C20H26ClN5O3. The lowest BCUT2D eigenvalue weighted by atomic mass is 10.1. The van der Waals surface area contributed by atoms with Crippen LogP contribution in [-0.4, -0.2) is 34.7 Å². The van der Waals surface area contributed by atoms with Gasteiger partial charge in [-0.1, -0.05) is 11.6 Å². The number of aryl methyl sites for hydroxylation is 1. The highest BCUT2D eigenvalue weighted by atomic mass is 35.5. The molecule has 156 valence electrons. The number of benzene rings is 1. The Kier molecular flexibility index (Phi) is 6.44. The molecule has 8 nitrogen and oxygen atoms in total. The molecule has 3 N–H and O–H groups in total. The van der Waals surface area contributed by atoms with E-state index in [1.807, 2.05) is 20.8 Å². The molecule has 2 aromatic rings. The quantitative estimate of drug-likeness (QED) is 0.668. The number of halogens is 1. The second kappa shape index (κ2) is 8.84. The molecule has 9 heteroatoms. The smallest absolute Gasteiger partial charge is 0.224 e. The lowest BCUT2D eigenvalue weighted by Gasteiger charge is -2.30. The molecule has 1 aromatic carbocycles. The largest absolute Gasteiger partial charge is 0.495 e. The highest BCUT2D eigenvalue weighted by Gasteiger charge is 2.27. The first kappa shape index (κ1) is 21.1. The standard InChI is InChI=1S/C20H26ClN5O3/c1-11-9-19(28)24-20(22-11)26-13(3)15(12(2)25-26)6-8-18(27)23-16-10-14(21)5-7-17(16)29-4/h5,7,10-11,20,22H,6,8-9H2,1-4H3,(H,23,27)(H,24,28). The van der Waals surface area contributed by atoms with Gasteiger partial charge in [0, 0.05) is 29.6 Å². The summed E-state index contributed by atoms with van der Waals surface area (Å²) in [5.74, 6) is 0.399. The molecule has 1 saturated heterocycles. The third-order valence-electron chi connectivity index (χ3n) is 4.99. The van der Waals surface area contributed by atoms with E-state index in [2.05, 4.69) is 21.0 Å². The number of amides is 2. The molecule has 0 spiro atoms. The van der Waals surface area contributed by atoms with Gasteiger partial charge in [0.25, 0.3) is 0 Å². The Morgan fingerprint density at radius 1 is 1.41 bits per heavy atom. The average molecular weight is 420 g/mol. The molecule has 1 aliphatic heterocycles. The summed E-state index contributed by atoms with van der Waals surface area (Å²) in [4.78, 5) is 24.3. The number of ether oxygens (including phenoxy) is 1. The summed E-state index contributed by atoms with van der Waals surface area (Å²) in [5.41, 5.74) is 3.29. The van der Waals surface area contributed by atoms with Crippen LogP contribution in [-0.2, 0) is 16.0 Å². The van der Waals surface area contributed by atoms with Crippen LogP contribution in [0.1, 0.15) is 43.0 Å². The van der Waals surface area contributed by atoms with Crippen LogP contribution in [0.3, 0.4) is 0 Å². The Balaban J connectivity index is 1.68. The van der Waals surface area contributed by atoms with Crippen molar-refractivity contribution in [3.63, 3.8) is 0 Å². The van der Waals surface area contributed by atoms with E-state index in [1.165, 1.54) is 0 Å². The molecule has 0 bridgehead atoms. The summed E-state index contributed by atoms with van der Waals surface area (Å²) >= 11 is 6.02. The van der Waals surface area contributed by atoms with E-state index >= 15 is 0 Å². The Morgan fingerprint density at radius 2 is 2.17 bits per heavy atom. The van der Waals surface area contributed by atoms with Gasteiger partial charge in [-0.3, -0.25) is 14.9 Å². The molecular weight excluding hydrogens is 394 g/mol. The van der Waals surface area contributed by atoms with E-state index in [0.717, 1.165) is 17.0 Å². The molecule has 1 aliphatic rings. The number of hydrogen-bond acceptors (Lipinski definition) is 5. The van der Waals surface area contributed by atoms with Crippen molar-refractivity contribution in [3.05, 3.63) is 40.2 Å². The van der Waals surface area contributed by atoms with E-state index in [1.54, 1.807) is 30.0 Å². The van der Waals surface area contributed by atoms with Crippen molar-refractivity contribution in [2.75, 3.05) is 12.4 Å². The zero-order valence-electron chi connectivity index (χ0n) is 17.0. The van der Waals surface area contributed by atoms with Crippen LogP contribution >= 0.6 is 11.6 Å². The number of rotatable bonds is 6. The van der Waals surface area contributed by atoms with Gasteiger partial charge in [0.15, 0.2) is 6.29 Å². The molecule has 2 atom stereocenters. The van der Waals surface area contributed by atoms with Crippen molar-refractivity contribution >= 4 is 29.1 Å².